The van der Waals surface area contributed by atoms with E-state index in [2.05, 4.69) is 10.7 Å². The van der Waals surface area contributed by atoms with E-state index in [0.717, 1.165) is 5.01 Å². The molecule has 0 aromatic carbocycles. The third-order valence-electron chi connectivity index (χ3n) is 3.74. The van der Waals surface area contributed by atoms with Crippen molar-refractivity contribution in [2.75, 3.05) is 19.7 Å². The van der Waals surface area contributed by atoms with E-state index in [4.69, 9.17) is 15.9 Å². The van der Waals surface area contributed by atoms with Crippen LogP contribution in [-0.4, -0.2) is 76.9 Å². The van der Waals surface area contributed by atoms with Gasteiger partial charge in [0, 0.05) is 13.0 Å². The van der Waals surface area contributed by atoms with Gasteiger partial charge in [0.2, 0.25) is 11.8 Å². The number of hydrogen-bond donors (Lipinski definition) is 5. The predicted octanol–water partition coefficient (Wildman–Crippen LogP) is -3.22. The lowest BCUT2D eigenvalue weighted by molar-refractivity contribution is -0.141. The van der Waals surface area contributed by atoms with Crippen LogP contribution in [0, 0.1) is 5.92 Å². The van der Waals surface area contributed by atoms with Crippen LogP contribution in [0.25, 0.3) is 0 Å². The van der Waals surface area contributed by atoms with Crippen molar-refractivity contribution in [1.29, 1.82) is 0 Å². The first-order valence-electron chi connectivity index (χ1n) is 7.72. The second-order valence-electron chi connectivity index (χ2n) is 5.54. The van der Waals surface area contributed by atoms with E-state index in [1.54, 1.807) is 0 Å². The topological polar surface area (TPSA) is 179 Å². The summed E-state index contributed by atoms with van der Waals surface area (Å²) in [7, 11) is 0. The number of carboxylic acid groups (broad SMARTS) is 1. The standard InChI is InChI=1S/C14H22N4O7/c15-5-11(21)16-10(1-2-12(22)23)13(24)9-3-4-18(14(9)25)17-8(6-19)7-20/h6,8-10,17,20H,1-5,7,15H2,(H,16,21)(H,22,23)/t8-,9-,10+/m1/s1. The Morgan fingerprint density at radius 3 is 2.60 bits per heavy atom. The molecule has 0 radical (unpaired) electrons. The Morgan fingerprint density at radius 2 is 2.08 bits per heavy atom. The third-order valence-corrected chi connectivity index (χ3v) is 3.74. The summed E-state index contributed by atoms with van der Waals surface area (Å²) in [6, 6.07) is -2.11. The number of amides is 2. The summed E-state index contributed by atoms with van der Waals surface area (Å²) in [5.41, 5.74) is 7.69. The number of hydrogen-bond acceptors (Lipinski definition) is 8. The maximum Gasteiger partial charge on any atom is 0.303 e. The molecule has 11 heteroatoms. The molecular formula is C14H22N4O7. The highest BCUT2D eigenvalue weighted by Crippen LogP contribution is 2.20. The molecule has 1 rings (SSSR count). The van der Waals surface area contributed by atoms with Gasteiger partial charge in [0.05, 0.1) is 19.2 Å². The number of ketones is 1. The fourth-order valence-electron chi connectivity index (χ4n) is 2.44. The van der Waals surface area contributed by atoms with Crippen LogP contribution in [0.2, 0.25) is 0 Å². The minimum absolute atomic E-state index is 0.135. The molecule has 6 N–H and O–H groups in total. The smallest absolute Gasteiger partial charge is 0.303 e. The number of aliphatic carboxylic acids is 1. The van der Waals surface area contributed by atoms with Crippen molar-refractivity contribution in [1.82, 2.24) is 15.8 Å². The van der Waals surface area contributed by atoms with E-state index >= 15 is 0 Å². The second-order valence-corrected chi connectivity index (χ2v) is 5.54. The van der Waals surface area contributed by atoms with Crippen molar-refractivity contribution in [3.8, 4) is 0 Å². The van der Waals surface area contributed by atoms with E-state index < -0.39 is 48.2 Å². The van der Waals surface area contributed by atoms with Crippen LogP contribution in [0.5, 0.6) is 0 Å². The van der Waals surface area contributed by atoms with E-state index in [9.17, 15) is 24.0 Å². The molecule has 0 spiro atoms. The van der Waals surface area contributed by atoms with Gasteiger partial charge in [0.1, 0.15) is 18.2 Å². The predicted molar refractivity (Wildman–Crippen MR) is 82.8 cm³/mol. The van der Waals surface area contributed by atoms with Crippen LogP contribution in [0.15, 0.2) is 0 Å². The number of Topliss-reactive ketones (excluding diaryl/α,β-unsaturated/α-hetero) is 1. The third kappa shape index (κ3) is 5.89. The van der Waals surface area contributed by atoms with Gasteiger partial charge in [-0.2, -0.15) is 0 Å². The summed E-state index contributed by atoms with van der Waals surface area (Å²) in [6.07, 6.45) is 0.0515. The van der Waals surface area contributed by atoms with Crippen molar-refractivity contribution in [2.24, 2.45) is 11.7 Å². The molecule has 0 saturated carbocycles. The number of nitrogens with two attached hydrogens (primary N) is 1. The minimum Gasteiger partial charge on any atom is -0.481 e. The van der Waals surface area contributed by atoms with E-state index in [-0.39, 0.29) is 32.4 Å². The minimum atomic E-state index is -1.14. The van der Waals surface area contributed by atoms with Crippen LogP contribution in [0.1, 0.15) is 19.3 Å². The number of aliphatic hydroxyl groups excluding tert-OH is 1. The number of nitrogens with zero attached hydrogens (tertiary/aromatic N) is 1. The number of aldehydes is 1. The second kappa shape index (κ2) is 9.81. The maximum atomic E-state index is 12.5. The Labute approximate surface area is 143 Å². The van der Waals surface area contributed by atoms with Crippen molar-refractivity contribution >= 4 is 29.9 Å². The molecule has 0 aromatic rings. The lowest BCUT2D eigenvalue weighted by Crippen LogP contribution is -2.51. The molecule has 1 fully saturated rings. The molecule has 1 saturated heterocycles. The van der Waals surface area contributed by atoms with E-state index in [1.807, 2.05) is 0 Å². The number of rotatable bonds is 11. The van der Waals surface area contributed by atoms with Crippen LogP contribution in [-0.2, 0) is 24.0 Å². The summed E-state index contributed by atoms with van der Waals surface area (Å²) >= 11 is 0. The summed E-state index contributed by atoms with van der Waals surface area (Å²) in [4.78, 5) is 57.7. The highest BCUT2D eigenvalue weighted by atomic mass is 16.4. The quantitative estimate of drug-likeness (QED) is 0.187. The fourth-order valence-corrected chi connectivity index (χ4v) is 2.44. The lowest BCUT2D eigenvalue weighted by Gasteiger charge is -2.22. The fraction of sp³-hybridized carbons (Fsp3) is 0.643. The molecule has 2 amide bonds. The zero-order valence-electron chi connectivity index (χ0n) is 13.5. The first-order valence-corrected chi connectivity index (χ1v) is 7.72. The van der Waals surface area contributed by atoms with Crippen molar-refractivity contribution in [3.63, 3.8) is 0 Å². The molecule has 3 atom stereocenters. The number of aliphatic hydroxyl groups is 1. The van der Waals surface area contributed by atoms with Crippen molar-refractivity contribution in [2.45, 2.75) is 31.3 Å². The summed E-state index contributed by atoms with van der Waals surface area (Å²) < 4.78 is 0. The van der Waals surface area contributed by atoms with Gasteiger partial charge in [-0.3, -0.25) is 24.2 Å². The Morgan fingerprint density at radius 1 is 1.40 bits per heavy atom. The molecule has 0 bridgehead atoms. The first kappa shape index (κ1) is 20.7. The molecule has 25 heavy (non-hydrogen) atoms. The molecule has 140 valence electrons. The van der Waals surface area contributed by atoms with Gasteiger partial charge < -0.3 is 26.1 Å². The Kier molecular flexibility index (Phi) is 8.11. The molecular weight excluding hydrogens is 336 g/mol. The number of hydrazine groups is 1. The van der Waals surface area contributed by atoms with Crippen LogP contribution in [0.4, 0.5) is 0 Å². The normalized spacial score (nSPS) is 19.4. The highest BCUT2D eigenvalue weighted by molar-refractivity contribution is 6.06. The molecule has 11 nitrogen and oxygen atoms in total. The first-order chi connectivity index (χ1) is 11.8. The number of nitrogens with one attached hydrogen (secondary N) is 2. The number of carbonyl (C=O) groups is 5. The molecule has 1 heterocycles. The van der Waals surface area contributed by atoms with Gasteiger partial charge in [-0.1, -0.05) is 0 Å². The average molecular weight is 358 g/mol. The van der Waals surface area contributed by atoms with Gasteiger partial charge in [-0.05, 0) is 12.8 Å². The maximum absolute atomic E-state index is 12.5. The monoisotopic (exact) mass is 358 g/mol. The highest BCUT2D eigenvalue weighted by Gasteiger charge is 2.40. The van der Waals surface area contributed by atoms with Crippen LogP contribution in [0.3, 0.4) is 0 Å². The van der Waals surface area contributed by atoms with E-state index in [1.165, 1.54) is 0 Å². The van der Waals surface area contributed by atoms with Crippen LogP contribution >= 0.6 is 0 Å². The van der Waals surface area contributed by atoms with Crippen molar-refractivity contribution < 1.29 is 34.2 Å². The molecule has 0 aromatic heterocycles. The summed E-state index contributed by atoms with van der Waals surface area (Å²) in [5.74, 6) is -4.06. The average Bonchev–Trinajstić information content (AvgIpc) is 2.95. The molecule has 1 aliphatic rings. The van der Waals surface area contributed by atoms with Gasteiger partial charge in [-0.25, -0.2) is 5.43 Å². The largest absolute Gasteiger partial charge is 0.481 e. The lowest BCUT2D eigenvalue weighted by atomic mass is 9.93. The van der Waals surface area contributed by atoms with Gasteiger partial charge in [-0.15, -0.1) is 0 Å². The van der Waals surface area contributed by atoms with Gasteiger partial charge >= 0.3 is 5.97 Å². The Hall–Kier alpha value is -2.37. The van der Waals surface area contributed by atoms with Gasteiger partial charge in [0.25, 0.3) is 0 Å². The summed E-state index contributed by atoms with van der Waals surface area (Å²) in [5, 5.41) is 21.1. The summed E-state index contributed by atoms with van der Waals surface area (Å²) in [6.45, 7) is -0.754. The molecule has 0 aliphatic carbocycles. The van der Waals surface area contributed by atoms with Crippen molar-refractivity contribution in [3.05, 3.63) is 0 Å². The Balaban J connectivity index is 2.78. The number of carbonyl (C=O) groups excluding carboxylic acids is 4. The van der Waals surface area contributed by atoms with Crippen LogP contribution < -0.4 is 16.5 Å². The zero-order chi connectivity index (χ0) is 19.0. The number of carboxylic acids is 1. The van der Waals surface area contributed by atoms with E-state index in [0.29, 0.717) is 6.29 Å². The molecule has 0 unspecified atom stereocenters. The zero-order valence-corrected chi connectivity index (χ0v) is 13.5. The van der Waals surface area contributed by atoms with Gasteiger partial charge in [0.15, 0.2) is 5.78 Å². The SMILES string of the molecule is NCC(=O)N[C@@H](CCC(=O)O)C(=O)[C@H]1CCN(N[C@H](C=O)CO)C1=O. The Bertz CT molecular complexity index is 539. The molecule has 1 aliphatic heterocycles.